The zero-order chi connectivity index (χ0) is 23.3. The van der Waals surface area contributed by atoms with Crippen molar-refractivity contribution in [3.8, 4) is 10.6 Å². The number of ether oxygens (including phenoxy) is 1. The Bertz CT molecular complexity index is 1290. The molecular formula is C18H19N7O4S3. The van der Waals surface area contributed by atoms with Gasteiger partial charge in [-0.25, -0.2) is 4.79 Å². The summed E-state index contributed by atoms with van der Waals surface area (Å²) in [5, 5.41) is 12.7. The molecule has 0 aliphatic carbocycles. The molecule has 1 aliphatic heterocycles. The minimum absolute atomic E-state index is 0.265. The van der Waals surface area contributed by atoms with Gasteiger partial charge in [-0.05, 0) is 24.9 Å². The molecule has 11 nitrogen and oxygen atoms in total. The van der Waals surface area contributed by atoms with E-state index in [0.29, 0.717) is 5.56 Å². The van der Waals surface area contributed by atoms with Crippen molar-refractivity contribution in [1.82, 2.24) is 19.5 Å². The van der Waals surface area contributed by atoms with Crippen LogP contribution in [0, 0.1) is 17.7 Å². The van der Waals surface area contributed by atoms with Crippen molar-refractivity contribution in [2.45, 2.75) is 38.6 Å². The first kappa shape index (κ1) is 23.9. The fourth-order valence-electron chi connectivity index (χ4n) is 2.99. The molecule has 14 heteroatoms. The number of azide groups is 1. The van der Waals surface area contributed by atoms with E-state index in [0.717, 1.165) is 20.0 Å². The average molecular weight is 494 g/mol. The van der Waals surface area contributed by atoms with Crippen molar-refractivity contribution >= 4 is 32.9 Å². The van der Waals surface area contributed by atoms with Crippen LogP contribution in [0.3, 0.4) is 0 Å². The summed E-state index contributed by atoms with van der Waals surface area (Å²) >= 11 is 5.15. The number of H-pyrrole nitrogens is 1. The first-order valence-corrected chi connectivity index (χ1v) is 11.9. The molecule has 32 heavy (non-hydrogen) atoms. The highest BCUT2D eigenvalue weighted by atomic mass is 32.9. The Morgan fingerprint density at radius 3 is 2.78 bits per heavy atom. The number of aromatic amines is 1. The first-order valence-electron chi connectivity index (χ1n) is 9.34. The lowest BCUT2D eigenvalue weighted by molar-refractivity contribution is -0.0271. The quantitative estimate of drug-likeness (QED) is 0.186. The first-order chi connectivity index (χ1) is 15.3. The van der Waals surface area contributed by atoms with Crippen molar-refractivity contribution < 1.29 is 9.84 Å². The van der Waals surface area contributed by atoms with Gasteiger partial charge in [0.15, 0.2) is 0 Å². The third kappa shape index (κ3) is 5.35. The molecule has 3 aromatic rings. The van der Waals surface area contributed by atoms with Crippen LogP contribution in [0.5, 0.6) is 0 Å². The highest BCUT2D eigenvalue weighted by molar-refractivity contribution is 7.80. The summed E-state index contributed by atoms with van der Waals surface area (Å²) in [6, 6.07) is -0.542. The van der Waals surface area contributed by atoms with E-state index in [4.69, 9.17) is 27.6 Å². The van der Waals surface area contributed by atoms with Crippen LogP contribution in [0.4, 0.5) is 0 Å². The second-order valence-corrected chi connectivity index (χ2v) is 9.61. The molecule has 3 atom stereocenters. The maximum atomic E-state index is 11.7. The topological polar surface area (TPSA) is 159 Å². The number of rotatable bonds is 4. The molecule has 0 radical (unpaired) electrons. The molecule has 0 saturated carbocycles. The number of hydrogen-bond donors (Lipinski definition) is 2. The van der Waals surface area contributed by atoms with Crippen LogP contribution >= 0.6 is 32.9 Å². The zero-order valence-corrected chi connectivity index (χ0v) is 19.5. The van der Waals surface area contributed by atoms with Crippen molar-refractivity contribution in [3.63, 3.8) is 0 Å². The number of aryl methyl sites for hydroxylation is 1. The Morgan fingerprint density at radius 2 is 2.19 bits per heavy atom. The molecular weight excluding hydrogens is 474 g/mol. The highest BCUT2D eigenvalue weighted by Gasteiger charge is 2.35. The van der Waals surface area contributed by atoms with Crippen LogP contribution in [-0.4, -0.2) is 43.4 Å². The number of nitrogens with one attached hydrogen (secondary N) is 1. The molecule has 0 unspecified atom stereocenters. The van der Waals surface area contributed by atoms with Crippen LogP contribution in [-0.2, 0) is 4.74 Å². The van der Waals surface area contributed by atoms with Crippen LogP contribution in [0.25, 0.3) is 21.0 Å². The van der Waals surface area contributed by atoms with E-state index in [1.807, 2.05) is 6.92 Å². The summed E-state index contributed by atoms with van der Waals surface area (Å²) in [5.41, 5.74) is 9.81. The third-order valence-corrected chi connectivity index (χ3v) is 8.03. The summed E-state index contributed by atoms with van der Waals surface area (Å²) in [5.74, 6) is 0. The van der Waals surface area contributed by atoms with Crippen LogP contribution in [0.1, 0.15) is 23.8 Å². The van der Waals surface area contributed by atoms with Crippen LogP contribution < -0.4 is 11.2 Å². The molecule has 1 fully saturated rings. The molecule has 0 amide bonds. The lowest BCUT2D eigenvalue weighted by Gasteiger charge is -2.14. The van der Waals surface area contributed by atoms with E-state index in [-0.39, 0.29) is 13.0 Å². The molecule has 1 aliphatic rings. The lowest BCUT2D eigenvalue weighted by Crippen LogP contribution is -2.33. The minimum atomic E-state index is -0.671. The van der Waals surface area contributed by atoms with Gasteiger partial charge in [-0.2, -0.15) is 0 Å². The van der Waals surface area contributed by atoms with Gasteiger partial charge in [-0.1, -0.05) is 38.0 Å². The van der Waals surface area contributed by atoms with E-state index in [9.17, 15) is 9.59 Å². The normalized spacial score (nSPS) is 19.7. The van der Waals surface area contributed by atoms with Gasteiger partial charge in [0, 0.05) is 35.5 Å². The van der Waals surface area contributed by atoms with Gasteiger partial charge in [0.2, 0.25) is 0 Å². The molecule has 4 rings (SSSR count). The standard InChI is InChI=1S/C10H13N5O4.C8H6N2S3/c1-5-3-15(10(18)12-9(5)17)8-2-6(13-14-11)7(4-16)19-8;1-5-7(12-13-8(5)11)6-4-9-2-3-10-6/h3,6-8,16H,2,4H2,1H3,(H,12,17,18);2-4H,1H3/t6-,7+,8+;/m0./s1. The Labute approximate surface area is 194 Å². The van der Waals surface area contributed by atoms with E-state index in [1.54, 1.807) is 46.2 Å². The highest BCUT2D eigenvalue weighted by Crippen LogP contribution is 2.32. The Morgan fingerprint density at radius 1 is 1.41 bits per heavy atom. The summed E-state index contributed by atoms with van der Waals surface area (Å²) in [6.07, 6.45) is 5.46. The number of aliphatic hydroxyl groups excluding tert-OH is 1. The molecule has 4 heterocycles. The number of aromatic nitrogens is 4. The van der Waals surface area contributed by atoms with Gasteiger partial charge < -0.3 is 9.84 Å². The van der Waals surface area contributed by atoms with Crippen LogP contribution in [0.15, 0.2) is 39.5 Å². The third-order valence-electron chi connectivity index (χ3n) is 4.68. The monoisotopic (exact) mass is 493 g/mol. The number of nitrogens with zero attached hydrogens (tertiary/aromatic N) is 6. The fraction of sp³-hybridized carbons (Fsp3) is 0.389. The van der Waals surface area contributed by atoms with Gasteiger partial charge in [0.1, 0.15) is 10.1 Å². The van der Waals surface area contributed by atoms with Crippen molar-refractivity contribution in [3.05, 3.63) is 71.0 Å². The maximum Gasteiger partial charge on any atom is 0.330 e. The Balaban J connectivity index is 0.000000193. The van der Waals surface area contributed by atoms with Gasteiger partial charge >= 0.3 is 5.69 Å². The molecule has 1 saturated heterocycles. The van der Waals surface area contributed by atoms with Gasteiger partial charge in [0.05, 0.1) is 35.5 Å². The summed E-state index contributed by atoms with van der Waals surface area (Å²) in [6.45, 7) is 3.29. The molecule has 3 aromatic heterocycles. The fourth-order valence-corrected chi connectivity index (χ4v) is 5.81. The predicted octanol–water partition coefficient (Wildman–Crippen LogP) is 3.11. The van der Waals surface area contributed by atoms with E-state index < -0.39 is 29.6 Å². The number of aliphatic hydroxyl groups is 1. The largest absolute Gasteiger partial charge is 0.394 e. The van der Waals surface area contributed by atoms with E-state index in [1.165, 1.54) is 10.8 Å². The second-order valence-electron chi connectivity index (χ2n) is 6.80. The molecule has 168 valence electrons. The predicted molar refractivity (Wildman–Crippen MR) is 123 cm³/mol. The van der Waals surface area contributed by atoms with Crippen LogP contribution in [0.2, 0.25) is 0 Å². The minimum Gasteiger partial charge on any atom is -0.394 e. The summed E-state index contributed by atoms with van der Waals surface area (Å²) in [4.78, 5) is 37.2. The SMILES string of the molecule is Cc1c(-c2cnccn2)ssc1=S.Cc1cn([C@H]2C[C@H](N=[N+]=[N-])[C@@H](CO)O2)c(=O)[nH]c1=O. The van der Waals surface area contributed by atoms with Gasteiger partial charge in [-0.15, -0.1) is 0 Å². The Hall–Kier alpha value is -2.74. The number of hydrogen-bond acceptors (Lipinski definition) is 10. The van der Waals surface area contributed by atoms with Crippen molar-refractivity contribution in [1.29, 1.82) is 0 Å². The van der Waals surface area contributed by atoms with Crippen molar-refractivity contribution in [2.24, 2.45) is 5.11 Å². The van der Waals surface area contributed by atoms with Gasteiger partial charge in [0.25, 0.3) is 5.56 Å². The van der Waals surface area contributed by atoms with E-state index >= 15 is 0 Å². The molecule has 0 spiro atoms. The molecule has 0 bridgehead atoms. The zero-order valence-electron chi connectivity index (χ0n) is 17.0. The summed E-state index contributed by atoms with van der Waals surface area (Å²) in [7, 11) is 3.28. The second kappa shape index (κ2) is 10.7. The van der Waals surface area contributed by atoms with E-state index in [2.05, 4.69) is 25.0 Å². The van der Waals surface area contributed by atoms with Gasteiger partial charge in [-0.3, -0.25) is 24.3 Å². The smallest absolute Gasteiger partial charge is 0.330 e. The Kier molecular flexibility index (Phi) is 8.01. The van der Waals surface area contributed by atoms with Crippen molar-refractivity contribution in [2.75, 3.05) is 6.61 Å². The molecule has 2 N–H and O–H groups in total. The maximum absolute atomic E-state index is 11.7. The molecule has 0 aromatic carbocycles. The summed E-state index contributed by atoms with van der Waals surface area (Å²) < 4.78 is 7.64. The average Bonchev–Trinajstić information content (AvgIpc) is 3.35. The lowest BCUT2D eigenvalue weighted by atomic mass is 10.1.